The Morgan fingerprint density at radius 2 is 1.58 bits per heavy atom. The van der Waals surface area contributed by atoms with Crippen LogP contribution in [0.3, 0.4) is 0 Å². The molecule has 1 saturated heterocycles. The SMILES string of the molecule is O=C(NCc1cccc2ccccc12)C1CCN(S(=O)(=O)Cc2ccccc2F)CC1. The number of carbonyl (C=O) groups is 1. The number of piperidine rings is 1. The third-order valence-corrected chi connectivity index (χ3v) is 7.67. The maximum Gasteiger partial charge on any atom is 0.223 e. The number of benzene rings is 3. The Morgan fingerprint density at radius 3 is 2.35 bits per heavy atom. The largest absolute Gasteiger partial charge is 0.352 e. The number of hydrogen-bond donors (Lipinski definition) is 1. The summed E-state index contributed by atoms with van der Waals surface area (Å²) < 4.78 is 40.6. The number of nitrogens with one attached hydrogen (secondary N) is 1. The minimum atomic E-state index is -3.63. The molecule has 31 heavy (non-hydrogen) atoms. The molecular formula is C24H25FN2O3S. The average Bonchev–Trinajstić information content (AvgIpc) is 2.79. The van der Waals surface area contributed by atoms with Crippen molar-refractivity contribution in [1.29, 1.82) is 0 Å². The number of fused-ring (bicyclic) bond motifs is 1. The minimum Gasteiger partial charge on any atom is -0.352 e. The number of sulfonamides is 1. The van der Waals surface area contributed by atoms with Gasteiger partial charge in [0.15, 0.2) is 0 Å². The van der Waals surface area contributed by atoms with E-state index >= 15 is 0 Å². The Labute approximate surface area is 181 Å². The van der Waals surface area contributed by atoms with Gasteiger partial charge in [-0.05, 0) is 35.2 Å². The van der Waals surface area contributed by atoms with Gasteiger partial charge in [0.25, 0.3) is 0 Å². The number of rotatable bonds is 6. The van der Waals surface area contributed by atoms with Crippen LogP contribution < -0.4 is 5.32 Å². The number of carbonyl (C=O) groups excluding carboxylic acids is 1. The molecule has 0 atom stereocenters. The van der Waals surface area contributed by atoms with Crippen LogP contribution in [0.2, 0.25) is 0 Å². The second-order valence-corrected chi connectivity index (χ2v) is 9.85. The molecule has 0 saturated carbocycles. The lowest BCUT2D eigenvalue weighted by molar-refractivity contribution is -0.126. The topological polar surface area (TPSA) is 66.5 Å². The van der Waals surface area contributed by atoms with Crippen molar-refractivity contribution in [1.82, 2.24) is 9.62 Å². The third-order valence-electron chi connectivity index (χ3n) is 5.85. The first-order valence-corrected chi connectivity index (χ1v) is 12.0. The molecule has 1 heterocycles. The normalized spacial score (nSPS) is 15.8. The van der Waals surface area contributed by atoms with Crippen LogP contribution >= 0.6 is 0 Å². The van der Waals surface area contributed by atoms with Gasteiger partial charge in [0.05, 0.1) is 5.75 Å². The van der Waals surface area contributed by atoms with Crippen LogP contribution in [0.15, 0.2) is 66.7 Å². The molecule has 1 aliphatic heterocycles. The molecule has 7 heteroatoms. The first-order chi connectivity index (χ1) is 14.9. The van der Waals surface area contributed by atoms with E-state index in [1.165, 1.54) is 22.5 Å². The Balaban J connectivity index is 1.33. The molecule has 0 aromatic heterocycles. The van der Waals surface area contributed by atoms with Crippen LogP contribution in [0.1, 0.15) is 24.0 Å². The van der Waals surface area contributed by atoms with Crippen molar-refractivity contribution in [2.45, 2.75) is 25.1 Å². The van der Waals surface area contributed by atoms with Gasteiger partial charge in [-0.2, -0.15) is 0 Å². The molecular weight excluding hydrogens is 415 g/mol. The Morgan fingerprint density at radius 1 is 0.935 bits per heavy atom. The highest BCUT2D eigenvalue weighted by Gasteiger charge is 2.31. The number of amides is 1. The fourth-order valence-electron chi connectivity index (χ4n) is 4.07. The standard InChI is InChI=1S/C24H25FN2O3S/c25-23-11-4-2-7-21(23)17-31(29,30)27-14-12-19(13-15-27)24(28)26-16-20-9-5-8-18-6-1-3-10-22(18)20/h1-11,19H,12-17H2,(H,26,28). The lowest BCUT2D eigenvalue weighted by Crippen LogP contribution is -2.43. The molecule has 1 N–H and O–H groups in total. The average molecular weight is 441 g/mol. The van der Waals surface area contributed by atoms with E-state index in [1.54, 1.807) is 6.07 Å². The highest BCUT2D eigenvalue weighted by atomic mass is 32.2. The summed E-state index contributed by atoms with van der Waals surface area (Å²) in [5, 5.41) is 5.24. The van der Waals surface area contributed by atoms with Gasteiger partial charge in [-0.25, -0.2) is 17.1 Å². The molecule has 0 spiro atoms. The quantitative estimate of drug-likeness (QED) is 0.633. The van der Waals surface area contributed by atoms with E-state index in [0.717, 1.165) is 16.3 Å². The predicted molar refractivity (Wildman–Crippen MR) is 119 cm³/mol. The van der Waals surface area contributed by atoms with Crippen molar-refractivity contribution in [3.8, 4) is 0 Å². The van der Waals surface area contributed by atoms with E-state index in [1.807, 2.05) is 42.5 Å². The molecule has 5 nitrogen and oxygen atoms in total. The summed E-state index contributed by atoms with van der Waals surface area (Å²) in [6.07, 6.45) is 0.912. The Bertz CT molecular complexity index is 1180. The third kappa shape index (κ3) is 4.94. The van der Waals surface area contributed by atoms with Crippen LogP contribution in [-0.4, -0.2) is 31.7 Å². The number of nitrogens with zero attached hydrogens (tertiary/aromatic N) is 1. The van der Waals surface area contributed by atoms with Crippen LogP contribution in [0.4, 0.5) is 4.39 Å². The minimum absolute atomic E-state index is 0.0564. The van der Waals surface area contributed by atoms with E-state index in [9.17, 15) is 17.6 Å². The fraction of sp³-hybridized carbons (Fsp3) is 0.292. The predicted octanol–water partition coefficient (Wildman–Crippen LogP) is 3.84. The van der Waals surface area contributed by atoms with Crippen LogP contribution in [-0.2, 0) is 27.1 Å². The molecule has 1 amide bonds. The maximum atomic E-state index is 13.8. The van der Waals surface area contributed by atoms with Crippen molar-refractivity contribution in [2.24, 2.45) is 5.92 Å². The maximum absolute atomic E-state index is 13.8. The summed E-state index contributed by atoms with van der Waals surface area (Å²) in [4.78, 5) is 12.7. The van der Waals surface area contributed by atoms with Gasteiger partial charge in [-0.3, -0.25) is 4.79 Å². The molecule has 0 aliphatic carbocycles. The van der Waals surface area contributed by atoms with Crippen LogP contribution in [0.25, 0.3) is 10.8 Å². The fourth-order valence-corrected chi connectivity index (χ4v) is 5.65. The molecule has 0 unspecified atom stereocenters. The van der Waals surface area contributed by atoms with Crippen molar-refractivity contribution in [3.05, 3.63) is 83.7 Å². The first-order valence-electron chi connectivity index (χ1n) is 10.4. The molecule has 162 valence electrons. The van der Waals surface area contributed by atoms with E-state index in [2.05, 4.69) is 5.32 Å². The van der Waals surface area contributed by atoms with Crippen LogP contribution in [0, 0.1) is 11.7 Å². The lowest BCUT2D eigenvalue weighted by Gasteiger charge is -2.30. The van der Waals surface area contributed by atoms with E-state index < -0.39 is 15.8 Å². The molecule has 4 rings (SSSR count). The van der Waals surface area contributed by atoms with Gasteiger partial charge < -0.3 is 5.32 Å². The van der Waals surface area contributed by atoms with Gasteiger partial charge in [-0.15, -0.1) is 0 Å². The monoisotopic (exact) mass is 440 g/mol. The zero-order valence-electron chi connectivity index (χ0n) is 17.1. The summed E-state index contributed by atoms with van der Waals surface area (Å²) in [6, 6.07) is 20.0. The molecule has 0 bridgehead atoms. The summed E-state index contributed by atoms with van der Waals surface area (Å²) in [7, 11) is -3.63. The van der Waals surface area contributed by atoms with Crippen molar-refractivity contribution < 1.29 is 17.6 Å². The second kappa shape index (κ2) is 9.16. The summed E-state index contributed by atoms with van der Waals surface area (Å²) >= 11 is 0. The van der Waals surface area contributed by atoms with Gasteiger partial charge in [0, 0.05) is 31.1 Å². The number of halogens is 1. The molecule has 3 aromatic carbocycles. The zero-order chi connectivity index (χ0) is 21.8. The van der Waals surface area contributed by atoms with Gasteiger partial charge >= 0.3 is 0 Å². The molecule has 1 fully saturated rings. The molecule has 1 aliphatic rings. The first kappa shape index (κ1) is 21.5. The smallest absolute Gasteiger partial charge is 0.223 e. The van der Waals surface area contributed by atoms with E-state index in [4.69, 9.17) is 0 Å². The van der Waals surface area contributed by atoms with E-state index in [0.29, 0.717) is 19.4 Å². The van der Waals surface area contributed by atoms with Crippen molar-refractivity contribution in [3.63, 3.8) is 0 Å². The highest BCUT2D eigenvalue weighted by Crippen LogP contribution is 2.23. The molecule has 0 radical (unpaired) electrons. The summed E-state index contributed by atoms with van der Waals surface area (Å²) in [5.41, 5.74) is 1.22. The summed E-state index contributed by atoms with van der Waals surface area (Å²) in [6.45, 7) is 0.971. The zero-order valence-corrected chi connectivity index (χ0v) is 17.9. The molecule has 3 aromatic rings. The Kier molecular flexibility index (Phi) is 6.34. The second-order valence-electron chi connectivity index (χ2n) is 7.88. The Hall–Kier alpha value is -2.77. The highest BCUT2D eigenvalue weighted by molar-refractivity contribution is 7.88. The summed E-state index contributed by atoms with van der Waals surface area (Å²) in [5.74, 6) is -1.17. The van der Waals surface area contributed by atoms with Crippen molar-refractivity contribution >= 4 is 26.7 Å². The van der Waals surface area contributed by atoms with Gasteiger partial charge in [0.2, 0.25) is 15.9 Å². The van der Waals surface area contributed by atoms with Crippen molar-refractivity contribution in [2.75, 3.05) is 13.1 Å². The lowest BCUT2D eigenvalue weighted by atomic mass is 9.97. The number of hydrogen-bond acceptors (Lipinski definition) is 3. The van der Waals surface area contributed by atoms with E-state index in [-0.39, 0.29) is 36.2 Å². The van der Waals surface area contributed by atoms with Crippen LogP contribution in [0.5, 0.6) is 0 Å². The van der Waals surface area contributed by atoms with Gasteiger partial charge in [0.1, 0.15) is 5.82 Å². The van der Waals surface area contributed by atoms with Gasteiger partial charge in [-0.1, -0.05) is 60.7 Å².